The average Bonchev–Trinajstić information content (AvgIpc) is 2.56. The van der Waals surface area contributed by atoms with E-state index in [1.54, 1.807) is 23.1 Å². The SMILES string of the molecule is CC(C)On1ccc2c(N)ccc(O)c21. The Bertz CT molecular complexity index is 489. The van der Waals surface area contributed by atoms with Crippen LogP contribution in [0.1, 0.15) is 13.8 Å². The highest BCUT2D eigenvalue weighted by Crippen LogP contribution is 2.29. The van der Waals surface area contributed by atoms with Crippen LogP contribution in [0.2, 0.25) is 0 Å². The van der Waals surface area contributed by atoms with Crippen LogP contribution < -0.4 is 10.6 Å². The first kappa shape index (κ1) is 9.71. The van der Waals surface area contributed by atoms with Crippen molar-refractivity contribution in [3.05, 3.63) is 24.4 Å². The minimum absolute atomic E-state index is 0.0430. The summed E-state index contributed by atoms with van der Waals surface area (Å²) >= 11 is 0. The third-order valence-corrected chi connectivity index (χ3v) is 2.15. The second kappa shape index (κ2) is 3.38. The molecule has 0 fully saturated rings. The van der Waals surface area contributed by atoms with E-state index in [-0.39, 0.29) is 11.9 Å². The van der Waals surface area contributed by atoms with Crippen molar-refractivity contribution in [1.82, 2.24) is 4.73 Å². The van der Waals surface area contributed by atoms with Crippen LogP contribution in [0.15, 0.2) is 24.4 Å². The Hall–Kier alpha value is -1.84. The summed E-state index contributed by atoms with van der Waals surface area (Å²) in [5.74, 6) is 0.171. The number of fused-ring (bicyclic) bond motifs is 1. The molecule has 0 amide bonds. The molecule has 3 N–H and O–H groups in total. The van der Waals surface area contributed by atoms with Crippen LogP contribution in [0.5, 0.6) is 5.75 Å². The van der Waals surface area contributed by atoms with Crippen LogP contribution in [0.25, 0.3) is 10.9 Å². The smallest absolute Gasteiger partial charge is 0.143 e. The Balaban J connectivity index is 2.62. The molecule has 0 aliphatic heterocycles. The fourth-order valence-electron chi connectivity index (χ4n) is 1.55. The van der Waals surface area contributed by atoms with Crippen molar-refractivity contribution in [2.75, 3.05) is 5.73 Å². The number of hydrogen-bond donors (Lipinski definition) is 2. The zero-order valence-electron chi connectivity index (χ0n) is 8.77. The van der Waals surface area contributed by atoms with Crippen LogP contribution in [-0.2, 0) is 0 Å². The van der Waals surface area contributed by atoms with Crippen LogP contribution in [0, 0.1) is 0 Å². The highest BCUT2D eigenvalue weighted by atomic mass is 16.7. The van der Waals surface area contributed by atoms with Gasteiger partial charge in [-0.25, -0.2) is 0 Å². The number of phenols is 1. The molecule has 80 valence electrons. The monoisotopic (exact) mass is 206 g/mol. The standard InChI is InChI=1S/C11H14N2O2/c1-7(2)15-13-6-5-8-9(12)3-4-10(14)11(8)13/h3-7,14H,12H2,1-2H3. The molecule has 0 aliphatic rings. The molecule has 1 aromatic heterocycles. The van der Waals surface area contributed by atoms with Gasteiger partial charge in [0.2, 0.25) is 0 Å². The first-order chi connectivity index (χ1) is 7.09. The van der Waals surface area contributed by atoms with Crippen molar-refractivity contribution in [3.8, 4) is 5.75 Å². The van der Waals surface area contributed by atoms with E-state index in [2.05, 4.69) is 0 Å². The summed E-state index contributed by atoms with van der Waals surface area (Å²) in [5, 5.41) is 10.5. The molecule has 0 bridgehead atoms. The topological polar surface area (TPSA) is 60.4 Å². The molecule has 4 nitrogen and oxygen atoms in total. The first-order valence-electron chi connectivity index (χ1n) is 4.85. The fraction of sp³-hybridized carbons (Fsp3) is 0.273. The Morgan fingerprint density at radius 1 is 1.33 bits per heavy atom. The maximum Gasteiger partial charge on any atom is 0.143 e. The maximum atomic E-state index is 9.72. The number of nitrogens with zero attached hydrogens (tertiary/aromatic N) is 1. The fourth-order valence-corrected chi connectivity index (χ4v) is 1.55. The molecule has 0 saturated carbocycles. The quantitative estimate of drug-likeness (QED) is 0.581. The van der Waals surface area contributed by atoms with Crippen molar-refractivity contribution in [3.63, 3.8) is 0 Å². The van der Waals surface area contributed by atoms with Gasteiger partial charge in [-0.3, -0.25) is 0 Å². The number of benzene rings is 1. The molecule has 15 heavy (non-hydrogen) atoms. The summed E-state index contributed by atoms with van der Waals surface area (Å²) < 4.78 is 1.55. The molecule has 0 atom stereocenters. The van der Waals surface area contributed by atoms with E-state index in [1.165, 1.54) is 0 Å². The average molecular weight is 206 g/mol. The Labute approximate surface area is 87.8 Å². The molecule has 1 aromatic carbocycles. The van der Waals surface area contributed by atoms with Gasteiger partial charge in [-0.05, 0) is 32.0 Å². The zero-order valence-corrected chi connectivity index (χ0v) is 8.77. The summed E-state index contributed by atoms with van der Waals surface area (Å²) in [6.45, 7) is 3.85. The highest BCUT2D eigenvalue weighted by Gasteiger charge is 2.10. The minimum atomic E-state index is 0.0430. The summed E-state index contributed by atoms with van der Waals surface area (Å²) in [7, 11) is 0. The highest BCUT2D eigenvalue weighted by molar-refractivity contribution is 5.95. The van der Waals surface area contributed by atoms with E-state index >= 15 is 0 Å². The van der Waals surface area contributed by atoms with Gasteiger partial charge in [0.25, 0.3) is 0 Å². The number of aromatic hydroxyl groups is 1. The van der Waals surface area contributed by atoms with E-state index < -0.39 is 0 Å². The van der Waals surface area contributed by atoms with Crippen molar-refractivity contribution >= 4 is 16.6 Å². The number of nitrogens with two attached hydrogens (primary N) is 1. The van der Waals surface area contributed by atoms with Gasteiger partial charge in [0.1, 0.15) is 17.4 Å². The van der Waals surface area contributed by atoms with Crippen LogP contribution in [0.3, 0.4) is 0 Å². The van der Waals surface area contributed by atoms with Crippen LogP contribution in [-0.4, -0.2) is 15.9 Å². The predicted molar refractivity (Wildman–Crippen MR) is 59.7 cm³/mol. The van der Waals surface area contributed by atoms with Crippen molar-refractivity contribution in [2.45, 2.75) is 20.0 Å². The Kier molecular flexibility index (Phi) is 2.19. The van der Waals surface area contributed by atoms with E-state index in [4.69, 9.17) is 10.6 Å². The molecular weight excluding hydrogens is 192 g/mol. The Morgan fingerprint density at radius 3 is 2.73 bits per heavy atom. The second-order valence-electron chi connectivity index (χ2n) is 3.73. The molecule has 0 unspecified atom stereocenters. The predicted octanol–water partition coefficient (Wildman–Crippen LogP) is 1.77. The maximum absolute atomic E-state index is 9.72. The van der Waals surface area contributed by atoms with Crippen molar-refractivity contribution in [1.29, 1.82) is 0 Å². The number of hydrogen-bond acceptors (Lipinski definition) is 3. The first-order valence-corrected chi connectivity index (χ1v) is 4.85. The molecule has 2 rings (SSSR count). The third-order valence-electron chi connectivity index (χ3n) is 2.15. The van der Waals surface area contributed by atoms with Gasteiger partial charge in [0.05, 0.1) is 0 Å². The molecule has 2 aromatic rings. The number of anilines is 1. The van der Waals surface area contributed by atoms with E-state index in [9.17, 15) is 5.11 Å². The molecule has 4 heteroatoms. The summed E-state index contributed by atoms with van der Waals surface area (Å²) in [4.78, 5) is 5.50. The van der Waals surface area contributed by atoms with Crippen molar-refractivity contribution < 1.29 is 9.94 Å². The van der Waals surface area contributed by atoms with Gasteiger partial charge in [-0.15, -0.1) is 0 Å². The molecule has 0 radical (unpaired) electrons. The summed E-state index contributed by atoms with van der Waals surface area (Å²) in [6, 6.07) is 5.07. The van der Waals surface area contributed by atoms with Gasteiger partial charge in [0.15, 0.2) is 0 Å². The number of rotatable bonds is 2. The lowest BCUT2D eigenvalue weighted by Gasteiger charge is -2.12. The molecule has 0 aliphatic carbocycles. The number of phenolic OH excluding ortho intramolecular Hbond substituents is 1. The van der Waals surface area contributed by atoms with E-state index in [1.807, 2.05) is 19.9 Å². The van der Waals surface area contributed by atoms with Gasteiger partial charge >= 0.3 is 0 Å². The largest absolute Gasteiger partial charge is 0.506 e. The second-order valence-corrected chi connectivity index (χ2v) is 3.73. The number of nitrogen functional groups attached to an aromatic ring is 1. The lowest BCUT2D eigenvalue weighted by Crippen LogP contribution is -2.17. The number of aromatic nitrogens is 1. The normalized spacial score (nSPS) is 11.1. The lowest BCUT2D eigenvalue weighted by molar-refractivity contribution is 0.0680. The van der Waals surface area contributed by atoms with Gasteiger partial charge < -0.3 is 15.7 Å². The summed E-state index contributed by atoms with van der Waals surface area (Å²) in [6.07, 6.45) is 1.79. The van der Waals surface area contributed by atoms with Crippen LogP contribution >= 0.6 is 0 Å². The van der Waals surface area contributed by atoms with Crippen LogP contribution in [0.4, 0.5) is 5.69 Å². The summed E-state index contributed by atoms with van der Waals surface area (Å²) in [5.41, 5.74) is 7.04. The zero-order chi connectivity index (χ0) is 11.0. The lowest BCUT2D eigenvalue weighted by atomic mass is 10.2. The Morgan fingerprint density at radius 2 is 2.07 bits per heavy atom. The van der Waals surface area contributed by atoms with Gasteiger partial charge in [-0.1, -0.05) is 0 Å². The molecule has 0 spiro atoms. The molecule has 0 saturated heterocycles. The molecule has 1 heterocycles. The van der Waals surface area contributed by atoms with Crippen molar-refractivity contribution in [2.24, 2.45) is 0 Å². The van der Waals surface area contributed by atoms with Gasteiger partial charge in [-0.2, -0.15) is 4.73 Å². The third kappa shape index (κ3) is 1.58. The van der Waals surface area contributed by atoms with Gasteiger partial charge in [0, 0.05) is 17.3 Å². The minimum Gasteiger partial charge on any atom is -0.506 e. The van der Waals surface area contributed by atoms with E-state index in [0.717, 1.165) is 5.39 Å². The molecular formula is C11H14N2O2. The van der Waals surface area contributed by atoms with E-state index in [0.29, 0.717) is 11.2 Å².